The Bertz CT molecular complexity index is 1050. The highest BCUT2D eigenvalue weighted by Gasteiger charge is 2.08. The molecule has 0 aliphatic heterocycles. The molecule has 0 unspecified atom stereocenters. The molecule has 0 aliphatic carbocycles. The van der Waals surface area contributed by atoms with E-state index in [0.717, 1.165) is 46.6 Å². The summed E-state index contributed by atoms with van der Waals surface area (Å²) in [5.74, 6) is 0.252. The van der Waals surface area contributed by atoms with E-state index >= 15 is 0 Å². The van der Waals surface area contributed by atoms with Gasteiger partial charge in [0.2, 0.25) is 0 Å². The highest BCUT2D eigenvalue weighted by atomic mass is 32.2. The first-order valence-electron chi connectivity index (χ1n) is 9.88. The minimum absolute atomic E-state index is 0.238. The van der Waals surface area contributed by atoms with Crippen molar-refractivity contribution in [3.63, 3.8) is 0 Å². The van der Waals surface area contributed by atoms with Gasteiger partial charge in [-0.25, -0.2) is 4.39 Å². The van der Waals surface area contributed by atoms with E-state index in [1.807, 2.05) is 43.3 Å². The molecule has 30 heavy (non-hydrogen) atoms. The molecule has 3 rings (SSSR count). The molecule has 2 aromatic heterocycles. The van der Waals surface area contributed by atoms with Crippen LogP contribution in [-0.2, 0) is 6.42 Å². The summed E-state index contributed by atoms with van der Waals surface area (Å²) in [6, 6.07) is 9.04. The van der Waals surface area contributed by atoms with Crippen molar-refractivity contribution in [2.24, 2.45) is 0 Å². The number of rotatable bonds is 8. The number of hydrogen-bond acceptors (Lipinski definition) is 5. The van der Waals surface area contributed by atoms with E-state index in [2.05, 4.69) is 39.8 Å². The van der Waals surface area contributed by atoms with Gasteiger partial charge in [-0.3, -0.25) is 10.1 Å². The Hall–Kier alpha value is -3.06. The van der Waals surface area contributed by atoms with E-state index in [-0.39, 0.29) is 5.82 Å². The highest BCUT2D eigenvalue weighted by molar-refractivity contribution is 8.00. The van der Waals surface area contributed by atoms with Crippen LogP contribution in [0.2, 0.25) is 0 Å². The van der Waals surface area contributed by atoms with Gasteiger partial charge in [0, 0.05) is 11.1 Å². The number of nitrogens with two attached hydrogens (primary N) is 1. The van der Waals surface area contributed by atoms with E-state index in [9.17, 15) is 4.39 Å². The third-order valence-electron chi connectivity index (χ3n) is 4.66. The van der Waals surface area contributed by atoms with E-state index in [0.29, 0.717) is 10.7 Å². The average Bonchev–Trinajstić information content (AvgIpc) is 3.08. The van der Waals surface area contributed by atoms with E-state index in [4.69, 9.17) is 5.73 Å². The molecule has 2 heterocycles. The topological polar surface area (TPSA) is 79.6 Å². The zero-order valence-electron chi connectivity index (χ0n) is 17.4. The molecule has 1 aromatic carbocycles. The fourth-order valence-electron chi connectivity index (χ4n) is 2.76. The van der Waals surface area contributed by atoms with Gasteiger partial charge < -0.3 is 10.5 Å². The Morgan fingerprint density at radius 3 is 2.73 bits per heavy atom. The summed E-state index contributed by atoms with van der Waals surface area (Å²) in [4.78, 5) is 5.15. The number of aromatic amines is 1. The van der Waals surface area contributed by atoms with Gasteiger partial charge in [-0.05, 0) is 67.6 Å². The third kappa shape index (κ3) is 5.30. The second-order valence-electron chi connectivity index (χ2n) is 6.81. The van der Waals surface area contributed by atoms with Gasteiger partial charge >= 0.3 is 0 Å². The molecular formula is C23H26FN5S. The van der Waals surface area contributed by atoms with Gasteiger partial charge in [0.1, 0.15) is 11.6 Å². The third-order valence-corrected chi connectivity index (χ3v) is 5.53. The van der Waals surface area contributed by atoms with Crippen LogP contribution in [-0.4, -0.2) is 15.2 Å². The van der Waals surface area contributed by atoms with Gasteiger partial charge in [0.15, 0.2) is 0 Å². The van der Waals surface area contributed by atoms with Crippen LogP contribution in [0.3, 0.4) is 0 Å². The Kier molecular flexibility index (Phi) is 7.30. The van der Waals surface area contributed by atoms with Crippen LogP contribution in [0, 0.1) is 12.7 Å². The number of hydrogen-bond donors (Lipinski definition) is 3. The first-order valence-corrected chi connectivity index (χ1v) is 10.7. The Morgan fingerprint density at radius 1 is 1.27 bits per heavy atom. The molecule has 0 saturated heterocycles. The standard InChI is InChI=1S/C23H26FN5S/c1-4-6-7-17(13-21-15(3)23(25)28-27-21)20-11-9-18(14-26-20)29-30-22-12-16(5-2)8-10-19(22)24/h6-14,29H,4-5H2,1-3H3,(H3,25,27,28)/b7-6+,17-13+. The Morgan fingerprint density at radius 2 is 2.10 bits per heavy atom. The van der Waals surface area contributed by atoms with Gasteiger partial charge in [0.05, 0.1) is 28.2 Å². The van der Waals surface area contributed by atoms with Crippen LogP contribution in [0.15, 0.2) is 53.6 Å². The van der Waals surface area contributed by atoms with Crippen LogP contribution in [0.4, 0.5) is 15.9 Å². The molecule has 7 heteroatoms. The lowest BCUT2D eigenvalue weighted by molar-refractivity contribution is 0.601. The SMILES string of the molecule is CC/C=C/C(=C\c1[nH]nc(N)c1C)c1ccc(NSc2cc(CC)ccc2F)cn1. The molecular weight excluding hydrogens is 397 g/mol. The monoisotopic (exact) mass is 423 g/mol. The smallest absolute Gasteiger partial charge is 0.148 e. The molecule has 3 aromatic rings. The first kappa shape index (κ1) is 21.6. The minimum Gasteiger partial charge on any atom is -0.382 e. The van der Waals surface area contributed by atoms with Crippen molar-refractivity contribution in [3.05, 3.63) is 77.0 Å². The maximum atomic E-state index is 14.0. The zero-order chi connectivity index (χ0) is 21.5. The number of allylic oxidation sites excluding steroid dienone is 3. The summed E-state index contributed by atoms with van der Waals surface area (Å²) in [6.07, 6.45) is 9.62. The second kappa shape index (κ2) is 10.1. The number of aromatic nitrogens is 3. The Labute approximate surface area is 180 Å². The Balaban J connectivity index is 1.78. The lowest BCUT2D eigenvalue weighted by atomic mass is 10.1. The summed E-state index contributed by atoms with van der Waals surface area (Å²) >= 11 is 1.24. The summed E-state index contributed by atoms with van der Waals surface area (Å²) in [5.41, 5.74) is 11.3. The predicted molar refractivity (Wildman–Crippen MR) is 125 cm³/mol. The molecule has 0 bridgehead atoms. The predicted octanol–water partition coefficient (Wildman–Crippen LogP) is 6.02. The van der Waals surface area contributed by atoms with Crippen LogP contribution >= 0.6 is 11.9 Å². The summed E-state index contributed by atoms with van der Waals surface area (Å²) in [7, 11) is 0. The number of nitrogens with zero attached hydrogens (tertiary/aromatic N) is 2. The van der Waals surface area contributed by atoms with Crippen molar-refractivity contribution < 1.29 is 4.39 Å². The molecule has 0 atom stereocenters. The number of anilines is 2. The van der Waals surface area contributed by atoms with Crippen molar-refractivity contribution in [2.75, 3.05) is 10.5 Å². The maximum absolute atomic E-state index is 14.0. The van der Waals surface area contributed by atoms with Crippen LogP contribution in [0.1, 0.15) is 42.8 Å². The van der Waals surface area contributed by atoms with Crippen LogP contribution < -0.4 is 10.5 Å². The van der Waals surface area contributed by atoms with E-state index in [1.165, 1.54) is 18.0 Å². The molecule has 0 fully saturated rings. The number of benzene rings is 1. The second-order valence-corrected chi connectivity index (χ2v) is 7.66. The maximum Gasteiger partial charge on any atom is 0.148 e. The van der Waals surface area contributed by atoms with Gasteiger partial charge in [-0.2, -0.15) is 5.10 Å². The summed E-state index contributed by atoms with van der Waals surface area (Å²) in [6.45, 7) is 6.06. The van der Waals surface area contributed by atoms with Crippen molar-refractivity contribution in [2.45, 2.75) is 38.5 Å². The molecule has 4 N–H and O–H groups in total. The van der Waals surface area contributed by atoms with Crippen LogP contribution in [0.25, 0.3) is 11.6 Å². The number of nitrogens with one attached hydrogen (secondary N) is 2. The fourth-order valence-corrected chi connectivity index (χ4v) is 3.48. The van der Waals surface area contributed by atoms with Gasteiger partial charge in [-0.15, -0.1) is 0 Å². The van der Waals surface area contributed by atoms with Crippen molar-refractivity contribution in [1.82, 2.24) is 15.2 Å². The van der Waals surface area contributed by atoms with E-state index in [1.54, 1.807) is 6.20 Å². The molecule has 0 spiro atoms. The summed E-state index contributed by atoms with van der Waals surface area (Å²) in [5, 5.41) is 7.00. The van der Waals surface area contributed by atoms with Gasteiger partial charge in [-0.1, -0.05) is 32.1 Å². The molecule has 0 aliphatic rings. The van der Waals surface area contributed by atoms with Crippen LogP contribution in [0.5, 0.6) is 0 Å². The highest BCUT2D eigenvalue weighted by Crippen LogP contribution is 2.26. The average molecular weight is 424 g/mol. The summed E-state index contributed by atoms with van der Waals surface area (Å²) < 4.78 is 17.2. The fraction of sp³-hybridized carbons (Fsp3) is 0.217. The number of H-pyrrole nitrogens is 1. The van der Waals surface area contributed by atoms with Crippen molar-refractivity contribution in [1.29, 1.82) is 0 Å². The molecule has 0 radical (unpaired) electrons. The molecule has 156 valence electrons. The molecule has 5 nitrogen and oxygen atoms in total. The quantitative estimate of drug-likeness (QED) is 0.305. The van der Waals surface area contributed by atoms with Gasteiger partial charge in [0.25, 0.3) is 0 Å². The normalized spacial score (nSPS) is 11.9. The number of pyridine rings is 1. The largest absolute Gasteiger partial charge is 0.382 e. The number of aryl methyl sites for hydroxylation is 1. The zero-order valence-corrected chi connectivity index (χ0v) is 18.2. The lowest BCUT2D eigenvalue weighted by Crippen LogP contribution is -1.94. The minimum atomic E-state index is -0.238. The lowest BCUT2D eigenvalue weighted by Gasteiger charge is -2.09. The van der Waals surface area contributed by atoms with E-state index < -0.39 is 0 Å². The van der Waals surface area contributed by atoms with Crippen molar-refractivity contribution in [3.8, 4) is 0 Å². The number of halogens is 1. The molecule has 0 saturated carbocycles. The first-order chi connectivity index (χ1) is 14.5. The number of nitrogen functional groups attached to an aromatic ring is 1. The molecule has 0 amide bonds. The van der Waals surface area contributed by atoms with Crippen molar-refractivity contribution >= 4 is 35.1 Å².